The Balaban J connectivity index is 3.09. The molecule has 1 aromatic carbocycles. The van der Waals surface area contributed by atoms with Gasteiger partial charge >= 0.3 is 0 Å². The fourth-order valence-corrected chi connectivity index (χ4v) is 1.30. The molecule has 0 saturated carbocycles. The molecule has 0 aliphatic carbocycles. The molecule has 0 aliphatic heterocycles. The normalized spacial score (nSPS) is 10.6. The van der Waals surface area contributed by atoms with Crippen LogP contribution in [-0.2, 0) is 6.42 Å². The summed E-state index contributed by atoms with van der Waals surface area (Å²) in [4.78, 5) is 0. The summed E-state index contributed by atoms with van der Waals surface area (Å²) < 4.78 is 26.4. The molecule has 0 saturated heterocycles. The molecule has 1 rings (SSSR count). The summed E-state index contributed by atoms with van der Waals surface area (Å²) in [6, 6.07) is 0.803. The molecule has 0 heterocycles. The third kappa shape index (κ3) is 2.13. The third-order valence-electron chi connectivity index (χ3n) is 1.87. The lowest BCUT2D eigenvalue weighted by molar-refractivity contribution is 0.456. The summed E-state index contributed by atoms with van der Waals surface area (Å²) in [7, 11) is 0. The van der Waals surface area contributed by atoms with Crippen molar-refractivity contribution in [3.05, 3.63) is 28.3 Å². The minimum absolute atomic E-state index is 0.127. The number of hydrogen-bond acceptors (Lipinski definition) is 2. The first-order valence-corrected chi connectivity index (χ1v) is 4.51. The number of phenols is 1. The van der Waals surface area contributed by atoms with Gasteiger partial charge in [0.25, 0.3) is 0 Å². The second kappa shape index (κ2) is 4.57. The zero-order chi connectivity index (χ0) is 10.7. The lowest BCUT2D eigenvalue weighted by atomic mass is 10.1. The second-order valence-corrected chi connectivity index (χ2v) is 3.25. The maximum absolute atomic E-state index is 13.3. The van der Waals surface area contributed by atoms with Crippen LogP contribution in [0.25, 0.3) is 0 Å². The van der Waals surface area contributed by atoms with Gasteiger partial charge in [0.2, 0.25) is 0 Å². The number of halogens is 3. The Morgan fingerprint density at radius 1 is 1.43 bits per heavy atom. The van der Waals surface area contributed by atoms with Crippen LogP contribution in [-0.4, -0.2) is 11.7 Å². The van der Waals surface area contributed by atoms with Gasteiger partial charge in [0, 0.05) is 11.6 Å². The van der Waals surface area contributed by atoms with Crippen LogP contribution in [0.1, 0.15) is 12.0 Å². The van der Waals surface area contributed by atoms with Gasteiger partial charge in [-0.25, -0.2) is 8.78 Å². The Labute approximate surface area is 85.3 Å². The second-order valence-electron chi connectivity index (χ2n) is 2.88. The van der Waals surface area contributed by atoms with E-state index in [2.05, 4.69) is 0 Å². The molecular formula is C9H10ClF2NO. The molecule has 0 bridgehead atoms. The van der Waals surface area contributed by atoms with E-state index in [1.807, 2.05) is 0 Å². The quantitative estimate of drug-likeness (QED) is 0.769. The smallest absolute Gasteiger partial charge is 0.151 e. The Hall–Kier alpha value is -0.870. The average molecular weight is 222 g/mol. The van der Waals surface area contributed by atoms with Crippen LogP contribution in [0.4, 0.5) is 8.78 Å². The Morgan fingerprint density at radius 3 is 2.64 bits per heavy atom. The number of nitrogens with two attached hydrogens (primary N) is 1. The molecular weight excluding hydrogens is 212 g/mol. The Bertz CT molecular complexity index is 344. The first-order chi connectivity index (χ1) is 6.57. The zero-order valence-electron chi connectivity index (χ0n) is 7.36. The van der Waals surface area contributed by atoms with E-state index in [9.17, 15) is 8.78 Å². The Morgan fingerprint density at radius 2 is 2.07 bits per heavy atom. The molecule has 78 valence electrons. The van der Waals surface area contributed by atoms with Crippen LogP contribution in [0.5, 0.6) is 5.75 Å². The molecule has 1 aromatic rings. The SMILES string of the molecule is NCCCc1c(F)cc(O)c(Cl)c1F. The first-order valence-electron chi connectivity index (χ1n) is 4.13. The minimum Gasteiger partial charge on any atom is -0.506 e. The standard InChI is InChI=1S/C9H10ClF2NO/c10-8-7(14)4-6(11)5(9(8)12)2-1-3-13/h4,14H,1-3,13H2. The van der Waals surface area contributed by atoms with Crippen molar-refractivity contribution in [1.29, 1.82) is 0 Å². The lowest BCUT2D eigenvalue weighted by Crippen LogP contribution is -2.04. The predicted octanol–water partition coefficient (Wildman–Crippen LogP) is 2.22. The molecule has 5 heteroatoms. The van der Waals surface area contributed by atoms with Crippen molar-refractivity contribution in [3.8, 4) is 5.75 Å². The number of phenolic OH excluding ortho intramolecular Hbond substituents is 1. The van der Waals surface area contributed by atoms with Gasteiger partial charge in [-0.15, -0.1) is 0 Å². The molecule has 0 aliphatic rings. The van der Waals surface area contributed by atoms with Gasteiger partial charge in [0.15, 0.2) is 5.82 Å². The van der Waals surface area contributed by atoms with E-state index < -0.39 is 22.4 Å². The van der Waals surface area contributed by atoms with Crippen LogP contribution in [0.3, 0.4) is 0 Å². The van der Waals surface area contributed by atoms with Crippen molar-refractivity contribution in [2.75, 3.05) is 6.54 Å². The predicted molar refractivity (Wildman–Crippen MR) is 50.4 cm³/mol. The van der Waals surface area contributed by atoms with Crippen molar-refractivity contribution in [3.63, 3.8) is 0 Å². The van der Waals surface area contributed by atoms with Crippen LogP contribution in [0.15, 0.2) is 6.07 Å². The zero-order valence-corrected chi connectivity index (χ0v) is 8.11. The van der Waals surface area contributed by atoms with Crippen molar-refractivity contribution in [2.24, 2.45) is 5.73 Å². The van der Waals surface area contributed by atoms with E-state index in [1.165, 1.54) is 0 Å². The summed E-state index contributed by atoms with van der Waals surface area (Å²) in [5.41, 5.74) is 5.09. The van der Waals surface area contributed by atoms with E-state index in [1.54, 1.807) is 0 Å². The summed E-state index contributed by atoms with van der Waals surface area (Å²) in [6.45, 7) is 0.345. The topological polar surface area (TPSA) is 46.2 Å². The number of rotatable bonds is 3. The molecule has 0 amide bonds. The molecule has 0 spiro atoms. The van der Waals surface area contributed by atoms with E-state index >= 15 is 0 Å². The van der Waals surface area contributed by atoms with Gasteiger partial charge in [-0.3, -0.25) is 0 Å². The molecule has 0 aromatic heterocycles. The molecule has 0 radical (unpaired) electrons. The van der Waals surface area contributed by atoms with Crippen LogP contribution < -0.4 is 5.73 Å². The number of hydrogen-bond donors (Lipinski definition) is 2. The summed E-state index contributed by atoms with van der Waals surface area (Å²) in [6.07, 6.45) is 0.642. The van der Waals surface area contributed by atoms with Crippen LogP contribution >= 0.6 is 11.6 Å². The van der Waals surface area contributed by atoms with E-state index in [0.717, 1.165) is 6.07 Å². The van der Waals surface area contributed by atoms with Crippen molar-refractivity contribution >= 4 is 11.6 Å². The highest BCUT2D eigenvalue weighted by molar-refractivity contribution is 6.32. The highest BCUT2D eigenvalue weighted by Gasteiger charge is 2.16. The molecule has 14 heavy (non-hydrogen) atoms. The molecule has 0 atom stereocenters. The number of aromatic hydroxyl groups is 1. The van der Waals surface area contributed by atoms with E-state index in [4.69, 9.17) is 22.4 Å². The van der Waals surface area contributed by atoms with Crippen LogP contribution in [0.2, 0.25) is 5.02 Å². The lowest BCUT2D eigenvalue weighted by Gasteiger charge is -2.06. The van der Waals surface area contributed by atoms with Crippen molar-refractivity contribution in [2.45, 2.75) is 12.8 Å². The fourth-order valence-electron chi connectivity index (χ4n) is 1.13. The van der Waals surface area contributed by atoms with Gasteiger partial charge in [-0.05, 0) is 19.4 Å². The van der Waals surface area contributed by atoms with Gasteiger partial charge in [-0.2, -0.15) is 0 Å². The molecule has 3 N–H and O–H groups in total. The fraction of sp³-hybridized carbons (Fsp3) is 0.333. The molecule has 0 unspecified atom stereocenters. The van der Waals surface area contributed by atoms with Gasteiger partial charge in [-0.1, -0.05) is 11.6 Å². The van der Waals surface area contributed by atoms with Crippen LogP contribution in [0, 0.1) is 11.6 Å². The molecule has 2 nitrogen and oxygen atoms in total. The van der Waals surface area contributed by atoms with Gasteiger partial charge in [0.05, 0.1) is 0 Å². The minimum atomic E-state index is -0.905. The summed E-state index contributed by atoms with van der Waals surface area (Å²) in [5, 5.41) is 8.55. The monoisotopic (exact) mass is 221 g/mol. The largest absolute Gasteiger partial charge is 0.506 e. The number of benzene rings is 1. The van der Waals surface area contributed by atoms with Gasteiger partial charge in [0.1, 0.15) is 16.6 Å². The van der Waals surface area contributed by atoms with Crippen molar-refractivity contribution < 1.29 is 13.9 Å². The molecule has 0 fully saturated rings. The van der Waals surface area contributed by atoms with E-state index in [0.29, 0.717) is 13.0 Å². The highest BCUT2D eigenvalue weighted by Crippen LogP contribution is 2.30. The highest BCUT2D eigenvalue weighted by atomic mass is 35.5. The Kier molecular flexibility index (Phi) is 3.66. The maximum atomic E-state index is 13.3. The first kappa shape index (κ1) is 11.2. The summed E-state index contributed by atoms with van der Waals surface area (Å²) >= 11 is 5.41. The maximum Gasteiger partial charge on any atom is 0.151 e. The van der Waals surface area contributed by atoms with Gasteiger partial charge < -0.3 is 10.8 Å². The van der Waals surface area contributed by atoms with Crippen molar-refractivity contribution in [1.82, 2.24) is 0 Å². The third-order valence-corrected chi connectivity index (χ3v) is 2.22. The van der Waals surface area contributed by atoms with E-state index in [-0.39, 0.29) is 12.0 Å². The summed E-state index contributed by atoms with van der Waals surface area (Å²) in [5.74, 6) is -2.28. The average Bonchev–Trinajstić information content (AvgIpc) is 2.14.